The number of urea groups is 1. The molecule has 9 heteroatoms. The molecule has 1 aliphatic carbocycles. The summed E-state index contributed by atoms with van der Waals surface area (Å²) in [7, 11) is 0. The van der Waals surface area contributed by atoms with Crippen LogP contribution in [0.4, 0.5) is 10.5 Å². The number of hydrogen-bond acceptors (Lipinski definition) is 5. The number of hydrogen-bond donors (Lipinski definition) is 4. The first-order valence-corrected chi connectivity index (χ1v) is 10.9. The molecule has 1 aromatic rings. The van der Waals surface area contributed by atoms with Crippen molar-refractivity contribution in [3.63, 3.8) is 0 Å². The number of nitrogens with zero attached hydrogens (tertiary/aromatic N) is 1. The van der Waals surface area contributed by atoms with Crippen LogP contribution in [0.5, 0.6) is 0 Å². The molecule has 2 rings (SSSR count). The van der Waals surface area contributed by atoms with E-state index in [9.17, 15) is 14.7 Å². The number of aliphatic hydroxyl groups is 1. The van der Waals surface area contributed by atoms with Crippen LogP contribution in [0.2, 0.25) is 0 Å². The van der Waals surface area contributed by atoms with Crippen molar-refractivity contribution in [1.29, 1.82) is 0 Å². The zero-order valence-electron chi connectivity index (χ0n) is 17.9. The number of nitrogens with one attached hydrogen (secondary N) is 2. The Balaban J connectivity index is 2.65. The number of allylic oxidation sites excluding steroid dienone is 2. The molecule has 0 radical (unpaired) electrons. The first-order valence-electron chi connectivity index (χ1n) is 10.1. The SMILES string of the molecule is CCCN(CCC)C1(O)C=CC(c2ccccc2NC(C)=O)=CC1(Cl)C(=S)NC(N)=O. The van der Waals surface area contributed by atoms with Crippen molar-refractivity contribution in [3.05, 3.63) is 48.1 Å². The lowest BCUT2D eigenvalue weighted by molar-refractivity contribution is -0.114. The van der Waals surface area contributed by atoms with Crippen LogP contribution in [0.3, 0.4) is 0 Å². The minimum absolute atomic E-state index is 0.111. The van der Waals surface area contributed by atoms with Crippen LogP contribution in [0.1, 0.15) is 39.2 Å². The van der Waals surface area contributed by atoms with Crippen LogP contribution in [0.15, 0.2) is 42.5 Å². The Morgan fingerprint density at radius 2 is 1.84 bits per heavy atom. The van der Waals surface area contributed by atoms with E-state index in [2.05, 4.69) is 10.6 Å². The Kier molecular flexibility index (Phi) is 8.36. The van der Waals surface area contributed by atoms with E-state index in [0.717, 1.165) is 12.8 Å². The first-order chi connectivity index (χ1) is 14.6. The quantitative estimate of drug-likeness (QED) is 0.268. The highest BCUT2D eigenvalue weighted by Gasteiger charge is 2.55. The number of amides is 3. The van der Waals surface area contributed by atoms with Gasteiger partial charge >= 0.3 is 6.03 Å². The Hall–Kier alpha value is -2.26. The smallest absolute Gasteiger partial charge is 0.317 e. The normalized spacial score (nSPS) is 22.7. The molecule has 2 unspecified atom stereocenters. The van der Waals surface area contributed by atoms with Gasteiger partial charge in [-0.3, -0.25) is 9.69 Å². The maximum Gasteiger partial charge on any atom is 0.317 e. The average molecular weight is 465 g/mol. The molecule has 3 amide bonds. The van der Waals surface area contributed by atoms with Gasteiger partial charge < -0.3 is 21.5 Å². The van der Waals surface area contributed by atoms with E-state index in [-0.39, 0.29) is 10.9 Å². The fourth-order valence-electron chi connectivity index (χ4n) is 3.66. The lowest BCUT2D eigenvalue weighted by Gasteiger charge is -2.48. The van der Waals surface area contributed by atoms with Gasteiger partial charge in [0.1, 0.15) is 4.99 Å². The van der Waals surface area contributed by atoms with Crippen LogP contribution >= 0.6 is 23.8 Å². The summed E-state index contributed by atoms with van der Waals surface area (Å²) >= 11 is 12.5. The van der Waals surface area contributed by atoms with E-state index in [0.29, 0.717) is 29.9 Å². The summed E-state index contributed by atoms with van der Waals surface area (Å²) in [6.07, 6.45) is 6.49. The molecule has 0 aromatic heterocycles. The topological polar surface area (TPSA) is 108 Å². The second kappa shape index (κ2) is 10.4. The lowest BCUT2D eigenvalue weighted by atomic mass is 9.82. The third kappa shape index (κ3) is 5.33. The number of nitrogens with two attached hydrogens (primary N) is 1. The van der Waals surface area contributed by atoms with E-state index in [1.54, 1.807) is 30.4 Å². The molecule has 168 valence electrons. The number of primary amides is 1. The van der Waals surface area contributed by atoms with Gasteiger partial charge in [-0.1, -0.05) is 50.3 Å². The van der Waals surface area contributed by atoms with E-state index in [1.165, 1.54) is 6.92 Å². The highest BCUT2D eigenvalue weighted by Crippen LogP contribution is 2.43. The Labute approximate surface area is 193 Å². The van der Waals surface area contributed by atoms with E-state index < -0.39 is 16.6 Å². The predicted octanol–water partition coefficient (Wildman–Crippen LogP) is 3.38. The average Bonchev–Trinajstić information content (AvgIpc) is 2.69. The van der Waals surface area contributed by atoms with Gasteiger partial charge in [-0.2, -0.15) is 0 Å². The van der Waals surface area contributed by atoms with Crippen LogP contribution < -0.4 is 16.4 Å². The van der Waals surface area contributed by atoms with Crippen molar-refractivity contribution < 1.29 is 14.7 Å². The number of carbonyl (C=O) groups excluding carboxylic acids is 2. The van der Waals surface area contributed by atoms with Gasteiger partial charge in [-0.15, -0.1) is 11.6 Å². The van der Waals surface area contributed by atoms with Crippen molar-refractivity contribution in [2.75, 3.05) is 18.4 Å². The summed E-state index contributed by atoms with van der Waals surface area (Å²) in [5.41, 5.74) is 5.50. The van der Waals surface area contributed by atoms with Crippen LogP contribution in [0.25, 0.3) is 5.57 Å². The molecule has 1 aliphatic rings. The number of alkyl halides is 1. The molecule has 7 nitrogen and oxygen atoms in total. The Morgan fingerprint density at radius 3 is 2.39 bits per heavy atom. The third-order valence-electron chi connectivity index (χ3n) is 4.97. The first kappa shape index (κ1) is 25.0. The number of anilines is 1. The maximum absolute atomic E-state index is 11.8. The number of halogens is 1. The molecule has 0 saturated heterocycles. The molecule has 1 aromatic carbocycles. The number of rotatable bonds is 8. The molecule has 0 fully saturated rings. The summed E-state index contributed by atoms with van der Waals surface area (Å²) in [6, 6.07) is 6.35. The zero-order valence-corrected chi connectivity index (χ0v) is 19.5. The van der Waals surface area contributed by atoms with E-state index >= 15 is 0 Å². The Morgan fingerprint density at radius 1 is 1.23 bits per heavy atom. The van der Waals surface area contributed by atoms with Gasteiger partial charge in [-0.25, -0.2) is 4.79 Å². The lowest BCUT2D eigenvalue weighted by Crippen LogP contribution is -2.66. The zero-order chi connectivity index (χ0) is 23.2. The minimum Gasteiger partial charge on any atom is -0.369 e. The van der Waals surface area contributed by atoms with Crippen molar-refractivity contribution in [2.24, 2.45) is 5.73 Å². The van der Waals surface area contributed by atoms with Gasteiger partial charge in [0.25, 0.3) is 0 Å². The summed E-state index contributed by atoms with van der Waals surface area (Å²) < 4.78 is 0. The van der Waals surface area contributed by atoms with Crippen LogP contribution in [0, 0.1) is 0 Å². The molecular weight excluding hydrogens is 436 g/mol. The summed E-state index contributed by atoms with van der Waals surface area (Å²) in [6.45, 7) is 6.55. The van der Waals surface area contributed by atoms with Crippen LogP contribution in [-0.2, 0) is 4.79 Å². The highest BCUT2D eigenvalue weighted by atomic mass is 35.5. The fraction of sp³-hybridized carbons (Fsp3) is 0.409. The minimum atomic E-state index is -1.70. The number of benzene rings is 1. The monoisotopic (exact) mass is 464 g/mol. The second-order valence-electron chi connectivity index (χ2n) is 7.40. The van der Waals surface area contributed by atoms with Crippen molar-refractivity contribution in [2.45, 2.75) is 44.2 Å². The van der Waals surface area contributed by atoms with Crippen LogP contribution in [-0.4, -0.2) is 50.6 Å². The number of thiocarbonyl (C=S) groups is 1. The third-order valence-corrected chi connectivity index (χ3v) is 6.08. The summed E-state index contributed by atoms with van der Waals surface area (Å²) in [4.78, 5) is 23.2. The second-order valence-corrected chi connectivity index (χ2v) is 8.41. The maximum atomic E-state index is 11.8. The number of carbonyl (C=O) groups is 2. The van der Waals surface area contributed by atoms with Gasteiger partial charge in [0.05, 0.1) is 0 Å². The summed E-state index contributed by atoms with van der Waals surface area (Å²) in [5, 5.41) is 16.9. The van der Waals surface area contributed by atoms with Crippen molar-refractivity contribution in [1.82, 2.24) is 10.2 Å². The van der Waals surface area contributed by atoms with Gasteiger partial charge in [-0.05, 0) is 36.6 Å². The predicted molar refractivity (Wildman–Crippen MR) is 129 cm³/mol. The van der Waals surface area contributed by atoms with Crippen molar-refractivity contribution >= 4 is 52.0 Å². The van der Waals surface area contributed by atoms with Gasteiger partial charge in [0, 0.05) is 31.3 Å². The molecule has 5 N–H and O–H groups in total. The number of para-hydroxylation sites is 1. The highest BCUT2D eigenvalue weighted by molar-refractivity contribution is 7.80. The molecule has 0 spiro atoms. The standard InChI is InChI=1S/C22H29ClN4O3S/c1-4-12-27(13-5-2)22(30)11-10-16(14-21(22,23)19(31)26-20(24)29)17-8-6-7-9-18(17)25-15(3)28/h6-11,14,30H,4-5,12-13H2,1-3H3,(H,25,28)(H3,24,26,29,31). The molecule has 0 bridgehead atoms. The van der Waals surface area contributed by atoms with Gasteiger partial charge in [0.2, 0.25) is 5.91 Å². The molecule has 2 atom stereocenters. The molecular formula is C22H29ClN4O3S. The molecule has 0 heterocycles. The fourth-order valence-corrected chi connectivity index (χ4v) is 4.32. The molecule has 31 heavy (non-hydrogen) atoms. The molecule has 0 aliphatic heterocycles. The Bertz CT molecular complexity index is 914. The summed E-state index contributed by atoms with van der Waals surface area (Å²) in [5.74, 6) is -0.218. The largest absolute Gasteiger partial charge is 0.369 e. The van der Waals surface area contributed by atoms with E-state index in [1.807, 2.05) is 30.9 Å². The van der Waals surface area contributed by atoms with E-state index in [4.69, 9.17) is 29.6 Å². The van der Waals surface area contributed by atoms with Gasteiger partial charge in [0.15, 0.2) is 10.6 Å². The van der Waals surface area contributed by atoms with Crippen molar-refractivity contribution in [3.8, 4) is 0 Å². The molecule has 0 saturated carbocycles.